The van der Waals surface area contributed by atoms with Gasteiger partial charge in [-0.3, -0.25) is 9.69 Å². The van der Waals surface area contributed by atoms with Crippen molar-refractivity contribution < 1.29 is 30.0 Å². The molecule has 1 fully saturated rings. The summed E-state index contributed by atoms with van der Waals surface area (Å²) in [5.74, 6) is -0.0922. The molecule has 46 heavy (non-hydrogen) atoms. The topological polar surface area (TPSA) is 110 Å². The highest BCUT2D eigenvalue weighted by atomic mass is 32.1. The Morgan fingerprint density at radius 1 is 1.15 bits per heavy atom. The molecule has 2 aromatic carbocycles. The van der Waals surface area contributed by atoms with Gasteiger partial charge in [0.1, 0.15) is 0 Å². The molecule has 3 aromatic rings. The fraction of sp³-hybridized carbons (Fsp3) is 0.553. The molecule has 2 bridgehead atoms. The summed E-state index contributed by atoms with van der Waals surface area (Å²) < 4.78 is 6.36. The molecule has 1 saturated carbocycles. The maximum atomic E-state index is 14.4. The lowest BCUT2D eigenvalue weighted by Gasteiger charge is -2.46. The number of rotatable bonds is 11. The largest absolute Gasteiger partial charge is 0.394 e. The van der Waals surface area contributed by atoms with Crippen LogP contribution < -0.4 is 0 Å². The van der Waals surface area contributed by atoms with E-state index in [1.165, 1.54) is 16.9 Å². The molecule has 250 valence electrons. The van der Waals surface area contributed by atoms with Crippen molar-refractivity contribution in [3.8, 4) is 0 Å². The summed E-state index contributed by atoms with van der Waals surface area (Å²) in [4.78, 5) is 17.2. The Morgan fingerprint density at radius 3 is 2.72 bits per heavy atom. The van der Waals surface area contributed by atoms with Gasteiger partial charge in [0.05, 0.1) is 29.3 Å². The molecule has 0 amide bonds. The first kappa shape index (κ1) is 34.9. The molecule has 6 rings (SSSR count). The molecule has 3 aliphatic carbocycles. The molecule has 0 unspecified atom stereocenters. The van der Waals surface area contributed by atoms with Gasteiger partial charge in [0.2, 0.25) is 5.78 Å². The van der Waals surface area contributed by atoms with Gasteiger partial charge in [-0.2, -0.15) is 0 Å². The van der Waals surface area contributed by atoms with E-state index in [9.17, 15) is 25.2 Å². The van der Waals surface area contributed by atoms with E-state index in [1.54, 1.807) is 7.11 Å². The Morgan fingerprint density at radius 2 is 1.96 bits per heavy atom. The molecule has 0 spiro atoms. The minimum absolute atomic E-state index is 0.0135. The molecule has 1 heterocycles. The Balaban J connectivity index is 1.58. The quantitative estimate of drug-likeness (QED) is 0.117. The molecular weight excluding hydrogens is 598 g/mol. The summed E-state index contributed by atoms with van der Waals surface area (Å²) in [6, 6.07) is 16.2. The van der Waals surface area contributed by atoms with Gasteiger partial charge in [-0.25, -0.2) is 0 Å². The summed E-state index contributed by atoms with van der Waals surface area (Å²) in [5, 5.41) is 44.7. The van der Waals surface area contributed by atoms with Crippen LogP contribution in [0.2, 0.25) is 0 Å². The second-order valence-electron chi connectivity index (χ2n) is 13.8. The average Bonchev–Trinajstić information content (AvgIpc) is 3.58. The van der Waals surface area contributed by atoms with Crippen molar-refractivity contribution in [2.75, 3.05) is 40.0 Å². The number of allylic oxidation sites excluding steroid dienone is 2. The summed E-state index contributed by atoms with van der Waals surface area (Å²) in [6.07, 6.45) is 6.30. The molecule has 3 aliphatic rings. The third-order valence-electron chi connectivity index (χ3n) is 10.6. The van der Waals surface area contributed by atoms with Crippen molar-refractivity contribution >= 4 is 27.2 Å². The SMILES string of the molecule is COCCCN(C[C@H](O)CO)C[C@]1(O)CC[C@H]2c3ccc(cc3C(=O)c3cc4ccccc4s3)C[C@@H](O)CCC(C)=CCC[C@@]21C. The zero-order chi connectivity index (χ0) is 32.9. The molecule has 5 atom stereocenters. The lowest BCUT2D eigenvalue weighted by Crippen LogP contribution is -2.54. The van der Waals surface area contributed by atoms with Crippen LogP contribution in [0.25, 0.3) is 10.1 Å². The molecule has 0 saturated heterocycles. The number of thiophene rings is 1. The number of aliphatic hydroxyl groups is 4. The van der Waals surface area contributed by atoms with Gasteiger partial charge < -0.3 is 25.2 Å². The summed E-state index contributed by atoms with van der Waals surface area (Å²) in [7, 11) is 1.66. The number of nitrogens with zero attached hydrogens (tertiary/aromatic N) is 1. The van der Waals surface area contributed by atoms with Gasteiger partial charge in [0, 0.05) is 49.0 Å². The number of hydrogen-bond acceptors (Lipinski definition) is 8. The lowest BCUT2D eigenvalue weighted by molar-refractivity contribution is -0.0898. The summed E-state index contributed by atoms with van der Waals surface area (Å²) >= 11 is 1.51. The maximum Gasteiger partial charge on any atom is 0.203 e. The van der Waals surface area contributed by atoms with Crippen molar-refractivity contribution in [2.24, 2.45) is 5.41 Å². The van der Waals surface area contributed by atoms with Gasteiger partial charge in [-0.1, -0.05) is 48.9 Å². The molecule has 0 aliphatic heterocycles. The third-order valence-corrected chi connectivity index (χ3v) is 11.7. The van der Waals surface area contributed by atoms with Crippen molar-refractivity contribution in [3.63, 3.8) is 0 Å². The van der Waals surface area contributed by atoms with Crippen LogP contribution in [0.1, 0.15) is 91.1 Å². The van der Waals surface area contributed by atoms with E-state index in [1.807, 2.05) is 36.4 Å². The molecule has 1 aromatic heterocycles. The van der Waals surface area contributed by atoms with Crippen LogP contribution in [0.4, 0.5) is 0 Å². The monoisotopic (exact) mass is 649 g/mol. The van der Waals surface area contributed by atoms with Gasteiger partial charge in [-0.05, 0) is 98.9 Å². The van der Waals surface area contributed by atoms with E-state index in [0.29, 0.717) is 49.4 Å². The highest BCUT2D eigenvalue weighted by molar-refractivity contribution is 7.21. The first-order chi connectivity index (χ1) is 22.1. The zero-order valence-corrected chi connectivity index (χ0v) is 28.4. The highest BCUT2D eigenvalue weighted by Crippen LogP contribution is 2.59. The smallest absolute Gasteiger partial charge is 0.203 e. The lowest BCUT2D eigenvalue weighted by atomic mass is 9.64. The van der Waals surface area contributed by atoms with Crippen LogP contribution in [0.3, 0.4) is 0 Å². The van der Waals surface area contributed by atoms with Gasteiger partial charge in [0.25, 0.3) is 0 Å². The molecule has 4 N–H and O–H groups in total. The average molecular weight is 650 g/mol. The van der Waals surface area contributed by atoms with E-state index >= 15 is 0 Å². The van der Waals surface area contributed by atoms with Crippen LogP contribution in [-0.2, 0) is 11.2 Å². The van der Waals surface area contributed by atoms with Crippen molar-refractivity contribution in [3.05, 3.63) is 81.7 Å². The molecule has 7 nitrogen and oxygen atoms in total. The van der Waals surface area contributed by atoms with Gasteiger partial charge in [-0.15, -0.1) is 11.3 Å². The second-order valence-corrected chi connectivity index (χ2v) is 14.9. The summed E-state index contributed by atoms with van der Waals surface area (Å²) in [6.45, 7) is 5.76. The fourth-order valence-corrected chi connectivity index (χ4v) is 8.83. The number of ketones is 1. The second kappa shape index (κ2) is 15.2. The van der Waals surface area contributed by atoms with Crippen molar-refractivity contribution in [1.29, 1.82) is 0 Å². The fourth-order valence-electron chi connectivity index (χ4n) is 7.82. The number of benzene rings is 2. The predicted octanol–water partition coefficient (Wildman–Crippen LogP) is 5.86. The van der Waals surface area contributed by atoms with E-state index in [4.69, 9.17) is 4.74 Å². The van der Waals surface area contributed by atoms with Crippen LogP contribution in [-0.4, -0.2) is 88.9 Å². The number of carbonyl (C=O) groups excluding carboxylic acids is 1. The number of fused-ring (bicyclic) bond motifs is 9. The number of methoxy groups -OCH3 is 1. The summed E-state index contributed by atoms with van der Waals surface area (Å²) in [5.41, 5.74) is 2.13. The maximum absolute atomic E-state index is 14.4. The van der Waals surface area contributed by atoms with Crippen LogP contribution >= 0.6 is 11.3 Å². The Labute approximate surface area is 277 Å². The molecule has 0 radical (unpaired) electrons. The molecular formula is C38H51NO6S. The van der Waals surface area contributed by atoms with E-state index in [0.717, 1.165) is 53.3 Å². The van der Waals surface area contributed by atoms with Gasteiger partial charge in [0.15, 0.2) is 0 Å². The van der Waals surface area contributed by atoms with E-state index < -0.39 is 23.2 Å². The number of aliphatic hydroxyl groups excluding tert-OH is 3. The van der Waals surface area contributed by atoms with E-state index in [2.05, 4.69) is 37.0 Å². The van der Waals surface area contributed by atoms with Crippen LogP contribution in [0, 0.1) is 5.41 Å². The number of ether oxygens (including phenoxy) is 1. The minimum Gasteiger partial charge on any atom is -0.394 e. The molecule has 8 heteroatoms. The van der Waals surface area contributed by atoms with Crippen LogP contribution in [0.15, 0.2) is 60.2 Å². The third kappa shape index (κ3) is 7.65. The van der Waals surface area contributed by atoms with Crippen LogP contribution in [0.5, 0.6) is 0 Å². The van der Waals surface area contributed by atoms with Crippen molar-refractivity contribution in [1.82, 2.24) is 4.90 Å². The predicted molar refractivity (Wildman–Crippen MR) is 185 cm³/mol. The number of hydrogen-bond donors (Lipinski definition) is 4. The standard InChI is InChI=1S/C38H51NO6S/c1-26-8-6-16-37(2)33(15-17-38(37,44)25-39(18-7-19-45-3)23-30(42)24-40)31-14-12-27(20-29(41)13-11-26)21-32(31)36(43)35-22-28-9-4-5-10-34(28)46-35/h4-5,8-10,12,14,21-22,29-30,33,40-42,44H,6-7,11,13,15-20,23-25H2,1-3H3/t29-,30-,33-,37-,38+/m0/s1. The first-order valence-corrected chi connectivity index (χ1v) is 17.6. The van der Waals surface area contributed by atoms with Gasteiger partial charge >= 0.3 is 0 Å². The normalized spacial score (nSPS) is 26.2. The number of carbonyl (C=O) groups is 1. The zero-order valence-electron chi connectivity index (χ0n) is 27.6. The van der Waals surface area contributed by atoms with Crippen molar-refractivity contribution in [2.45, 2.75) is 88.9 Å². The highest BCUT2D eigenvalue weighted by Gasteiger charge is 2.57. The Hall–Kier alpha value is -2.43. The Kier molecular flexibility index (Phi) is 11.5. The minimum atomic E-state index is -1.09. The Bertz CT molecular complexity index is 1480. The van der Waals surface area contributed by atoms with E-state index in [-0.39, 0.29) is 24.9 Å². The first-order valence-electron chi connectivity index (χ1n) is 16.8.